The van der Waals surface area contributed by atoms with Crippen LogP contribution in [0.5, 0.6) is 5.75 Å². The summed E-state index contributed by atoms with van der Waals surface area (Å²) in [6.45, 7) is 4.10. The molecule has 1 aromatic heterocycles. The predicted octanol–water partition coefficient (Wildman–Crippen LogP) is 3.41. The van der Waals surface area contributed by atoms with E-state index in [4.69, 9.17) is 4.74 Å². The van der Waals surface area contributed by atoms with Crippen molar-refractivity contribution in [1.29, 1.82) is 0 Å². The first-order valence-corrected chi connectivity index (χ1v) is 5.80. The summed E-state index contributed by atoms with van der Waals surface area (Å²) in [5, 5.41) is 0.940. The second-order valence-electron chi connectivity index (χ2n) is 4.64. The lowest BCUT2D eigenvalue weighted by Crippen LogP contribution is -2.02. The van der Waals surface area contributed by atoms with Gasteiger partial charge in [0.2, 0.25) is 0 Å². The molecule has 0 aliphatic heterocycles. The number of carbonyl (C=O) groups excluding carboxylic acids is 1. The third-order valence-electron chi connectivity index (χ3n) is 2.78. The molecule has 0 saturated heterocycles. The zero-order valence-electron chi connectivity index (χ0n) is 10.4. The molecule has 1 aromatic carbocycles. The largest absolute Gasteiger partial charge is 0.497 e. The predicted molar refractivity (Wildman–Crippen MR) is 68.6 cm³/mol. The second-order valence-corrected chi connectivity index (χ2v) is 4.64. The summed E-state index contributed by atoms with van der Waals surface area (Å²) in [7, 11) is 1.63. The van der Waals surface area contributed by atoms with Crippen LogP contribution in [-0.2, 0) is 0 Å². The van der Waals surface area contributed by atoms with Crippen LogP contribution in [0.25, 0.3) is 10.9 Å². The number of ether oxygens (including phenoxy) is 1. The number of Topliss-reactive ketones (excluding diaryl/α,β-unsaturated/α-hetero) is 1. The Kier molecular flexibility index (Phi) is 3.18. The van der Waals surface area contributed by atoms with Gasteiger partial charge in [-0.25, -0.2) is 0 Å². The first kappa shape index (κ1) is 11.7. The van der Waals surface area contributed by atoms with Crippen LogP contribution in [0.4, 0.5) is 0 Å². The van der Waals surface area contributed by atoms with Gasteiger partial charge in [-0.15, -0.1) is 0 Å². The van der Waals surface area contributed by atoms with Crippen molar-refractivity contribution in [3.05, 3.63) is 30.0 Å². The van der Waals surface area contributed by atoms with Crippen molar-refractivity contribution in [1.82, 2.24) is 4.98 Å². The second kappa shape index (κ2) is 4.62. The van der Waals surface area contributed by atoms with E-state index in [2.05, 4.69) is 4.98 Å². The summed E-state index contributed by atoms with van der Waals surface area (Å²) >= 11 is 0. The minimum atomic E-state index is 0.180. The topological polar surface area (TPSA) is 42.1 Å². The first-order valence-electron chi connectivity index (χ1n) is 5.80. The van der Waals surface area contributed by atoms with Crippen molar-refractivity contribution in [2.75, 3.05) is 7.11 Å². The SMILES string of the molecule is COc1ccc2[nH]cc(C(=O)CC(C)C)c2c1. The average molecular weight is 231 g/mol. The highest BCUT2D eigenvalue weighted by molar-refractivity contribution is 6.08. The van der Waals surface area contributed by atoms with E-state index in [1.54, 1.807) is 13.3 Å². The molecule has 2 aromatic rings. The lowest BCUT2D eigenvalue weighted by atomic mass is 10.0. The molecule has 0 fully saturated rings. The van der Waals surface area contributed by atoms with E-state index in [-0.39, 0.29) is 5.78 Å². The van der Waals surface area contributed by atoms with Gasteiger partial charge in [0.25, 0.3) is 0 Å². The number of carbonyl (C=O) groups is 1. The summed E-state index contributed by atoms with van der Waals surface area (Å²) in [5.74, 6) is 1.33. The van der Waals surface area contributed by atoms with Gasteiger partial charge in [0.1, 0.15) is 5.75 Å². The number of fused-ring (bicyclic) bond motifs is 1. The van der Waals surface area contributed by atoms with Gasteiger partial charge in [0, 0.05) is 29.1 Å². The van der Waals surface area contributed by atoms with Crippen LogP contribution >= 0.6 is 0 Å². The van der Waals surface area contributed by atoms with Crippen LogP contribution in [0, 0.1) is 5.92 Å². The number of H-pyrrole nitrogens is 1. The molecule has 1 N–H and O–H groups in total. The maximum atomic E-state index is 12.1. The number of aromatic amines is 1. The zero-order valence-corrected chi connectivity index (χ0v) is 10.4. The molecule has 0 saturated carbocycles. The number of nitrogens with one attached hydrogen (secondary N) is 1. The fourth-order valence-electron chi connectivity index (χ4n) is 1.94. The van der Waals surface area contributed by atoms with Crippen LogP contribution in [0.1, 0.15) is 30.6 Å². The highest BCUT2D eigenvalue weighted by atomic mass is 16.5. The summed E-state index contributed by atoms with van der Waals surface area (Å²) in [6.07, 6.45) is 2.36. The monoisotopic (exact) mass is 231 g/mol. The van der Waals surface area contributed by atoms with E-state index in [0.29, 0.717) is 12.3 Å². The molecule has 2 rings (SSSR count). The van der Waals surface area contributed by atoms with Gasteiger partial charge < -0.3 is 9.72 Å². The van der Waals surface area contributed by atoms with Gasteiger partial charge in [0.05, 0.1) is 7.11 Å². The van der Waals surface area contributed by atoms with Gasteiger partial charge in [-0.2, -0.15) is 0 Å². The normalized spacial score (nSPS) is 11.1. The Morgan fingerprint density at radius 1 is 1.41 bits per heavy atom. The maximum absolute atomic E-state index is 12.1. The minimum Gasteiger partial charge on any atom is -0.497 e. The molecule has 0 radical (unpaired) electrons. The first-order chi connectivity index (χ1) is 8.11. The molecule has 17 heavy (non-hydrogen) atoms. The molecule has 0 aliphatic rings. The van der Waals surface area contributed by atoms with E-state index < -0.39 is 0 Å². The highest BCUT2D eigenvalue weighted by Crippen LogP contribution is 2.25. The van der Waals surface area contributed by atoms with Crippen molar-refractivity contribution >= 4 is 16.7 Å². The minimum absolute atomic E-state index is 0.180. The molecule has 0 bridgehead atoms. The van der Waals surface area contributed by atoms with E-state index in [1.807, 2.05) is 32.0 Å². The van der Waals surface area contributed by atoms with Crippen LogP contribution in [0.3, 0.4) is 0 Å². The summed E-state index contributed by atoms with van der Waals surface area (Å²) in [4.78, 5) is 15.2. The van der Waals surface area contributed by atoms with Crippen molar-refractivity contribution in [2.45, 2.75) is 20.3 Å². The fourth-order valence-corrected chi connectivity index (χ4v) is 1.94. The Hall–Kier alpha value is -1.77. The third-order valence-corrected chi connectivity index (χ3v) is 2.78. The smallest absolute Gasteiger partial charge is 0.165 e. The molecule has 0 amide bonds. The zero-order chi connectivity index (χ0) is 12.4. The molecule has 3 nitrogen and oxygen atoms in total. The van der Waals surface area contributed by atoms with E-state index in [0.717, 1.165) is 22.2 Å². The quantitative estimate of drug-likeness (QED) is 0.819. The Bertz CT molecular complexity index is 540. The van der Waals surface area contributed by atoms with Gasteiger partial charge >= 0.3 is 0 Å². The van der Waals surface area contributed by atoms with Crippen LogP contribution in [0.2, 0.25) is 0 Å². The molecule has 0 atom stereocenters. The number of hydrogen-bond acceptors (Lipinski definition) is 2. The van der Waals surface area contributed by atoms with E-state index >= 15 is 0 Å². The van der Waals surface area contributed by atoms with Crippen LogP contribution in [0.15, 0.2) is 24.4 Å². The Balaban J connectivity index is 2.43. The Morgan fingerprint density at radius 3 is 2.82 bits per heavy atom. The maximum Gasteiger partial charge on any atom is 0.165 e. The number of rotatable bonds is 4. The van der Waals surface area contributed by atoms with Gasteiger partial charge in [-0.1, -0.05) is 13.8 Å². The van der Waals surface area contributed by atoms with Crippen molar-refractivity contribution in [3.63, 3.8) is 0 Å². The number of benzene rings is 1. The van der Waals surface area contributed by atoms with Crippen molar-refractivity contribution in [3.8, 4) is 5.75 Å². The summed E-state index contributed by atoms with van der Waals surface area (Å²) in [6, 6.07) is 5.72. The van der Waals surface area contributed by atoms with Crippen molar-refractivity contribution in [2.24, 2.45) is 5.92 Å². The Labute approximate surface area is 101 Å². The summed E-state index contributed by atoms with van der Waals surface area (Å²) in [5.41, 5.74) is 1.73. The van der Waals surface area contributed by atoms with Gasteiger partial charge in [-0.3, -0.25) is 4.79 Å². The van der Waals surface area contributed by atoms with Crippen LogP contribution < -0.4 is 4.74 Å². The molecule has 0 aliphatic carbocycles. The molecular formula is C14H17NO2. The third kappa shape index (κ3) is 2.33. The molecule has 3 heteroatoms. The molecule has 90 valence electrons. The standard InChI is InChI=1S/C14H17NO2/c1-9(2)6-14(16)12-8-15-13-5-4-10(17-3)7-11(12)13/h4-5,7-9,15H,6H2,1-3H3. The molecular weight excluding hydrogens is 214 g/mol. The van der Waals surface area contributed by atoms with E-state index in [9.17, 15) is 4.79 Å². The van der Waals surface area contributed by atoms with Crippen molar-refractivity contribution < 1.29 is 9.53 Å². The molecule has 1 heterocycles. The molecule has 0 unspecified atom stereocenters. The van der Waals surface area contributed by atoms with Crippen LogP contribution in [-0.4, -0.2) is 17.9 Å². The average Bonchev–Trinajstić information content (AvgIpc) is 2.70. The van der Waals surface area contributed by atoms with Gasteiger partial charge in [-0.05, 0) is 24.1 Å². The Morgan fingerprint density at radius 2 is 2.18 bits per heavy atom. The van der Waals surface area contributed by atoms with Gasteiger partial charge in [0.15, 0.2) is 5.78 Å². The number of methoxy groups -OCH3 is 1. The highest BCUT2D eigenvalue weighted by Gasteiger charge is 2.13. The molecule has 0 spiro atoms. The number of ketones is 1. The lowest BCUT2D eigenvalue weighted by Gasteiger charge is -2.03. The number of aromatic nitrogens is 1. The summed E-state index contributed by atoms with van der Waals surface area (Å²) < 4.78 is 5.18. The van der Waals surface area contributed by atoms with E-state index in [1.165, 1.54) is 0 Å². The number of hydrogen-bond donors (Lipinski definition) is 1. The lowest BCUT2D eigenvalue weighted by molar-refractivity contribution is 0.0969. The fraction of sp³-hybridized carbons (Fsp3) is 0.357.